The summed E-state index contributed by atoms with van der Waals surface area (Å²) in [5, 5.41) is 11.8. The number of nitrogens with one attached hydrogen (secondary N) is 1. The average Bonchev–Trinajstić information content (AvgIpc) is 2.65. The smallest absolute Gasteiger partial charge is 0.0716 e. The Morgan fingerprint density at radius 3 is 2.56 bits per heavy atom. The van der Waals surface area contributed by atoms with Gasteiger partial charge in [-0.05, 0) is 54.4 Å². The van der Waals surface area contributed by atoms with Crippen LogP contribution in [-0.4, -0.2) is 10.1 Å². The maximum atomic E-state index is 9.62. The fraction of sp³-hybridized carbons (Fsp3) is 0.0952. The molecular weight excluding hydrogens is 310 g/mol. The zero-order valence-corrected chi connectivity index (χ0v) is 14.0. The number of nitrogen functional groups attached to an aromatic ring is 1. The molecule has 0 radical (unpaired) electrons. The fourth-order valence-corrected chi connectivity index (χ4v) is 3.33. The molecule has 0 unspecified atom stereocenters. The number of hydrogen-bond acceptors (Lipinski definition) is 4. The first-order chi connectivity index (χ1) is 12.2. The van der Waals surface area contributed by atoms with Crippen LogP contribution >= 0.6 is 0 Å². The molecule has 4 nitrogen and oxygen atoms in total. The van der Waals surface area contributed by atoms with E-state index in [2.05, 4.69) is 36.6 Å². The SMILES string of the molecule is Cc1ccc2nc3ccccc3c(-c3cc(CO)cc(NN)c3)c2c1. The van der Waals surface area contributed by atoms with Crippen molar-refractivity contribution in [2.75, 3.05) is 5.43 Å². The lowest BCUT2D eigenvalue weighted by Crippen LogP contribution is -2.07. The van der Waals surface area contributed by atoms with Crippen LogP contribution < -0.4 is 11.3 Å². The van der Waals surface area contributed by atoms with Crippen LogP contribution in [0.3, 0.4) is 0 Å². The minimum atomic E-state index is -0.0392. The van der Waals surface area contributed by atoms with Gasteiger partial charge in [0.25, 0.3) is 0 Å². The van der Waals surface area contributed by atoms with Crippen LogP contribution in [0.2, 0.25) is 0 Å². The van der Waals surface area contributed by atoms with Crippen molar-refractivity contribution in [3.05, 3.63) is 71.8 Å². The van der Waals surface area contributed by atoms with Crippen LogP contribution in [0.1, 0.15) is 11.1 Å². The first-order valence-electron chi connectivity index (χ1n) is 8.20. The molecule has 0 amide bonds. The predicted octanol–water partition coefficient (Wildman–Crippen LogP) is 4.14. The van der Waals surface area contributed by atoms with E-state index in [1.165, 1.54) is 5.56 Å². The van der Waals surface area contributed by atoms with Crippen LogP contribution in [0, 0.1) is 6.92 Å². The Morgan fingerprint density at radius 1 is 0.960 bits per heavy atom. The van der Waals surface area contributed by atoms with Gasteiger partial charge in [0.05, 0.1) is 17.6 Å². The molecule has 1 heterocycles. The summed E-state index contributed by atoms with van der Waals surface area (Å²) in [5.41, 5.74) is 9.47. The number of anilines is 1. The Kier molecular flexibility index (Phi) is 3.84. The van der Waals surface area contributed by atoms with Crippen molar-refractivity contribution < 1.29 is 5.11 Å². The third-order valence-corrected chi connectivity index (χ3v) is 4.47. The summed E-state index contributed by atoms with van der Waals surface area (Å²) in [4.78, 5) is 4.80. The minimum Gasteiger partial charge on any atom is -0.392 e. The van der Waals surface area contributed by atoms with Gasteiger partial charge in [-0.15, -0.1) is 0 Å². The highest BCUT2D eigenvalue weighted by Gasteiger charge is 2.13. The molecule has 1 aromatic heterocycles. The standard InChI is InChI=1S/C21H19N3O/c1-13-6-7-20-18(8-13)21(17-4-2-3-5-19(17)23-20)15-9-14(12-25)10-16(11-15)24-22/h2-11,24-25H,12,22H2,1H3. The van der Waals surface area contributed by atoms with E-state index in [9.17, 15) is 5.11 Å². The molecule has 0 aliphatic rings. The lowest BCUT2D eigenvalue weighted by atomic mass is 9.94. The van der Waals surface area contributed by atoms with Gasteiger partial charge in [-0.25, -0.2) is 4.98 Å². The third-order valence-electron chi connectivity index (χ3n) is 4.47. The number of nitrogens with two attached hydrogens (primary N) is 1. The van der Waals surface area contributed by atoms with E-state index in [4.69, 9.17) is 10.8 Å². The normalized spacial score (nSPS) is 11.2. The van der Waals surface area contributed by atoms with Crippen molar-refractivity contribution >= 4 is 27.5 Å². The van der Waals surface area contributed by atoms with Crippen molar-refractivity contribution in [3.8, 4) is 11.1 Å². The summed E-state index contributed by atoms with van der Waals surface area (Å²) in [6.07, 6.45) is 0. The van der Waals surface area contributed by atoms with Gasteiger partial charge >= 0.3 is 0 Å². The fourth-order valence-electron chi connectivity index (χ4n) is 3.33. The molecule has 3 aromatic carbocycles. The van der Waals surface area contributed by atoms with Crippen molar-refractivity contribution in [3.63, 3.8) is 0 Å². The number of benzene rings is 3. The Bertz CT molecular complexity index is 1070. The van der Waals surface area contributed by atoms with E-state index in [0.717, 1.165) is 44.2 Å². The summed E-state index contributed by atoms with van der Waals surface area (Å²) < 4.78 is 0. The molecule has 4 heteroatoms. The van der Waals surface area contributed by atoms with Crippen molar-refractivity contribution in [1.82, 2.24) is 4.98 Å². The number of rotatable bonds is 3. The molecule has 0 bridgehead atoms. The van der Waals surface area contributed by atoms with Crippen LogP contribution in [0.4, 0.5) is 5.69 Å². The number of nitrogens with zero attached hydrogens (tertiary/aromatic N) is 1. The summed E-state index contributed by atoms with van der Waals surface area (Å²) in [5.74, 6) is 5.63. The zero-order chi connectivity index (χ0) is 17.4. The van der Waals surface area contributed by atoms with Gasteiger partial charge in [-0.1, -0.05) is 29.8 Å². The molecule has 0 fully saturated rings. The molecule has 0 saturated heterocycles. The lowest BCUT2D eigenvalue weighted by Gasteiger charge is -2.14. The topological polar surface area (TPSA) is 71.2 Å². The van der Waals surface area contributed by atoms with E-state index < -0.39 is 0 Å². The highest BCUT2D eigenvalue weighted by molar-refractivity contribution is 6.09. The summed E-state index contributed by atoms with van der Waals surface area (Å²) >= 11 is 0. The molecule has 4 rings (SSSR count). The van der Waals surface area contributed by atoms with Gasteiger partial charge in [0.1, 0.15) is 0 Å². The second kappa shape index (κ2) is 6.16. The maximum absolute atomic E-state index is 9.62. The molecular formula is C21H19N3O. The summed E-state index contributed by atoms with van der Waals surface area (Å²) in [7, 11) is 0. The van der Waals surface area contributed by atoms with Gasteiger partial charge in [0.15, 0.2) is 0 Å². The molecule has 0 aliphatic heterocycles. The molecule has 124 valence electrons. The zero-order valence-electron chi connectivity index (χ0n) is 14.0. The molecule has 25 heavy (non-hydrogen) atoms. The van der Waals surface area contributed by atoms with Gasteiger partial charge in [0.2, 0.25) is 0 Å². The number of hydrogen-bond donors (Lipinski definition) is 3. The van der Waals surface area contributed by atoms with Crippen molar-refractivity contribution in [2.45, 2.75) is 13.5 Å². The first kappa shape index (κ1) is 15.6. The number of aromatic nitrogens is 1. The minimum absolute atomic E-state index is 0.0392. The van der Waals surface area contributed by atoms with Gasteiger partial charge in [-0.3, -0.25) is 5.84 Å². The largest absolute Gasteiger partial charge is 0.392 e. The van der Waals surface area contributed by atoms with Crippen LogP contribution in [0.5, 0.6) is 0 Å². The van der Waals surface area contributed by atoms with Gasteiger partial charge in [0, 0.05) is 22.0 Å². The predicted molar refractivity (Wildman–Crippen MR) is 103 cm³/mol. The quantitative estimate of drug-likeness (QED) is 0.300. The number of aliphatic hydroxyl groups excluding tert-OH is 1. The van der Waals surface area contributed by atoms with E-state index in [1.54, 1.807) is 0 Å². The molecule has 0 saturated carbocycles. The second-order valence-corrected chi connectivity index (χ2v) is 6.25. The first-order valence-corrected chi connectivity index (χ1v) is 8.20. The summed E-state index contributed by atoms with van der Waals surface area (Å²) in [6.45, 7) is 2.04. The number of aliphatic hydroxyl groups is 1. The van der Waals surface area contributed by atoms with Crippen molar-refractivity contribution in [1.29, 1.82) is 0 Å². The number of fused-ring (bicyclic) bond motifs is 2. The molecule has 0 spiro atoms. The van der Waals surface area contributed by atoms with Gasteiger partial charge in [-0.2, -0.15) is 0 Å². The maximum Gasteiger partial charge on any atom is 0.0716 e. The highest BCUT2D eigenvalue weighted by Crippen LogP contribution is 2.36. The third kappa shape index (κ3) is 2.71. The average molecular weight is 329 g/mol. The van der Waals surface area contributed by atoms with E-state index in [0.29, 0.717) is 0 Å². The molecule has 4 N–H and O–H groups in total. The Labute approximate surface area is 145 Å². The van der Waals surface area contributed by atoms with Crippen LogP contribution in [0.15, 0.2) is 60.7 Å². The van der Waals surface area contributed by atoms with Crippen molar-refractivity contribution in [2.24, 2.45) is 5.84 Å². The van der Waals surface area contributed by atoms with Crippen LogP contribution in [-0.2, 0) is 6.61 Å². The van der Waals surface area contributed by atoms with Gasteiger partial charge < -0.3 is 10.5 Å². The monoisotopic (exact) mass is 329 g/mol. The summed E-state index contributed by atoms with van der Waals surface area (Å²) in [6, 6.07) is 20.3. The molecule has 0 aliphatic carbocycles. The second-order valence-electron chi connectivity index (χ2n) is 6.25. The Hall–Kier alpha value is -2.95. The van der Waals surface area contributed by atoms with Crippen LogP contribution in [0.25, 0.3) is 32.9 Å². The molecule has 0 atom stereocenters. The van der Waals surface area contributed by atoms with E-state index >= 15 is 0 Å². The number of hydrazine groups is 1. The highest BCUT2D eigenvalue weighted by atomic mass is 16.3. The molecule has 4 aromatic rings. The number of pyridine rings is 1. The lowest BCUT2D eigenvalue weighted by molar-refractivity contribution is 0.282. The van der Waals surface area contributed by atoms with E-state index in [1.807, 2.05) is 36.4 Å². The number of aryl methyl sites for hydroxylation is 1. The Balaban J connectivity index is 2.16. The Morgan fingerprint density at radius 2 is 1.76 bits per heavy atom. The number of para-hydroxylation sites is 1. The van der Waals surface area contributed by atoms with E-state index in [-0.39, 0.29) is 6.61 Å².